The Balaban J connectivity index is 1.61. The number of hydrogen-bond donors (Lipinski definition) is 2. The monoisotopic (exact) mass is 408 g/mol. The van der Waals surface area contributed by atoms with Gasteiger partial charge in [0.2, 0.25) is 11.8 Å². The lowest BCUT2D eigenvalue weighted by atomic mass is 10.3. The summed E-state index contributed by atoms with van der Waals surface area (Å²) in [7, 11) is 0. The fourth-order valence-corrected chi connectivity index (χ4v) is 3.59. The molecule has 1 saturated carbocycles. The van der Waals surface area contributed by atoms with E-state index in [4.69, 9.17) is 23.2 Å². The first kappa shape index (κ1) is 19.1. The van der Waals surface area contributed by atoms with E-state index in [1.807, 2.05) is 31.2 Å². The van der Waals surface area contributed by atoms with Crippen LogP contribution in [0.25, 0.3) is 0 Å². The highest BCUT2D eigenvalue weighted by Crippen LogP contribution is 2.32. The third-order valence-electron chi connectivity index (χ3n) is 3.92. The molecule has 1 unspecified atom stereocenters. The van der Waals surface area contributed by atoms with Crippen molar-refractivity contribution >= 4 is 58.2 Å². The minimum atomic E-state index is -0.348. The summed E-state index contributed by atoms with van der Waals surface area (Å²) in [5.74, 6) is 0.0404. The van der Waals surface area contributed by atoms with Gasteiger partial charge < -0.3 is 10.6 Å². The van der Waals surface area contributed by atoms with Crippen LogP contribution in [0.3, 0.4) is 0 Å². The number of amides is 2. The zero-order chi connectivity index (χ0) is 18.7. The summed E-state index contributed by atoms with van der Waals surface area (Å²) in [6.07, 6.45) is 1.92. The summed E-state index contributed by atoms with van der Waals surface area (Å²) < 4.78 is 0. The van der Waals surface area contributed by atoms with E-state index < -0.39 is 0 Å². The van der Waals surface area contributed by atoms with Crippen molar-refractivity contribution in [2.24, 2.45) is 5.92 Å². The first-order valence-corrected chi connectivity index (χ1v) is 9.89. The number of carbonyl (C=O) groups is 2. The van der Waals surface area contributed by atoms with E-state index in [-0.39, 0.29) is 23.0 Å². The summed E-state index contributed by atoms with van der Waals surface area (Å²) in [5, 5.41) is 6.30. The van der Waals surface area contributed by atoms with Gasteiger partial charge in [-0.15, -0.1) is 11.8 Å². The molecule has 2 N–H and O–H groups in total. The van der Waals surface area contributed by atoms with Crippen LogP contribution in [-0.4, -0.2) is 17.1 Å². The molecule has 2 aromatic rings. The minimum absolute atomic E-state index is 0.0635. The van der Waals surface area contributed by atoms with Gasteiger partial charge in [-0.1, -0.05) is 29.3 Å². The van der Waals surface area contributed by atoms with Crippen LogP contribution in [0.15, 0.2) is 47.4 Å². The lowest BCUT2D eigenvalue weighted by Crippen LogP contribution is -2.22. The van der Waals surface area contributed by atoms with Crippen molar-refractivity contribution in [1.29, 1.82) is 0 Å². The SMILES string of the molecule is CC(Sc1cccc(NC(=O)C2CC2)c1)C(=O)Nc1cc(Cl)ccc1Cl. The van der Waals surface area contributed by atoms with Gasteiger partial charge in [0.1, 0.15) is 0 Å². The highest BCUT2D eigenvalue weighted by molar-refractivity contribution is 8.00. The normalized spacial score (nSPS) is 14.6. The molecule has 136 valence electrons. The number of halogens is 2. The van der Waals surface area contributed by atoms with Gasteiger partial charge >= 0.3 is 0 Å². The molecule has 2 aromatic carbocycles. The van der Waals surface area contributed by atoms with E-state index in [1.165, 1.54) is 11.8 Å². The third kappa shape index (κ3) is 5.16. The second-order valence-corrected chi connectivity index (χ2v) is 8.42. The average Bonchev–Trinajstić information content (AvgIpc) is 3.43. The average molecular weight is 409 g/mol. The van der Waals surface area contributed by atoms with Crippen LogP contribution in [0.4, 0.5) is 11.4 Å². The summed E-state index contributed by atoms with van der Waals surface area (Å²) in [6, 6.07) is 12.4. The molecule has 3 rings (SSSR count). The molecule has 2 amide bonds. The molecule has 0 bridgehead atoms. The molecular weight excluding hydrogens is 391 g/mol. The van der Waals surface area contributed by atoms with Crippen molar-refractivity contribution < 1.29 is 9.59 Å². The molecule has 0 spiro atoms. The Bertz CT molecular complexity index is 840. The molecule has 26 heavy (non-hydrogen) atoms. The van der Waals surface area contributed by atoms with E-state index >= 15 is 0 Å². The van der Waals surface area contributed by atoms with Crippen molar-refractivity contribution in [3.05, 3.63) is 52.5 Å². The molecule has 1 atom stereocenters. The summed E-state index contributed by atoms with van der Waals surface area (Å²) in [6.45, 7) is 1.81. The van der Waals surface area contributed by atoms with Gasteiger partial charge in [0.25, 0.3) is 0 Å². The largest absolute Gasteiger partial charge is 0.326 e. The Morgan fingerprint density at radius 3 is 2.62 bits per heavy atom. The topological polar surface area (TPSA) is 58.2 Å². The Hall–Kier alpha value is -1.69. The van der Waals surface area contributed by atoms with E-state index in [0.717, 1.165) is 23.4 Å². The molecule has 0 radical (unpaired) electrons. The number of carbonyl (C=O) groups excluding carboxylic acids is 2. The van der Waals surface area contributed by atoms with E-state index in [0.29, 0.717) is 15.7 Å². The number of rotatable bonds is 6. The second-order valence-electron chi connectivity index (χ2n) is 6.16. The van der Waals surface area contributed by atoms with Crippen molar-refractivity contribution in [3.63, 3.8) is 0 Å². The first-order valence-electron chi connectivity index (χ1n) is 8.26. The zero-order valence-corrected chi connectivity index (χ0v) is 16.4. The molecule has 1 aliphatic rings. The van der Waals surface area contributed by atoms with Gasteiger partial charge in [-0.25, -0.2) is 0 Å². The van der Waals surface area contributed by atoms with Gasteiger partial charge in [0.05, 0.1) is 16.0 Å². The molecule has 1 fully saturated rings. The van der Waals surface area contributed by atoms with E-state index in [9.17, 15) is 9.59 Å². The van der Waals surface area contributed by atoms with Crippen LogP contribution in [0.1, 0.15) is 19.8 Å². The second kappa shape index (κ2) is 8.33. The highest BCUT2D eigenvalue weighted by Gasteiger charge is 2.29. The van der Waals surface area contributed by atoms with Gasteiger partial charge in [0.15, 0.2) is 0 Å². The van der Waals surface area contributed by atoms with Crippen molar-refractivity contribution in [2.75, 3.05) is 10.6 Å². The lowest BCUT2D eigenvalue weighted by molar-refractivity contribution is -0.117. The first-order chi connectivity index (χ1) is 12.4. The standard InChI is InChI=1S/C19H18Cl2N2O2S/c1-11(18(24)23-17-9-13(20)7-8-16(17)21)26-15-4-2-3-14(10-15)22-19(25)12-5-6-12/h2-4,7-12H,5-6H2,1H3,(H,22,25)(H,23,24). The molecule has 1 aliphatic carbocycles. The number of hydrogen-bond acceptors (Lipinski definition) is 3. The van der Waals surface area contributed by atoms with Crippen molar-refractivity contribution in [3.8, 4) is 0 Å². The van der Waals surface area contributed by atoms with Crippen LogP contribution in [0.5, 0.6) is 0 Å². The Labute approximate surface area is 166 Å². The summed E-state index contributed by atoms with van der Waals surface area (Å²) in [5.41, 5.74) is 1.24. The molecule has 0 aromatic heterocycles. The summed E-state index contributed by atoms with van der Waals surface area (Å²) >= 11 is 13.4. The number of nitrogens with one attached hydrogen (secondary N) is 2. The smallest absolute Gasteiger partial charge is 0.237 e. The third-order valence-corrected chi connectivity index (χ3v) is 5.58. The van der Waals surface area contributed by atoms with Crippen molar-refractivity contribution in [2.45, 2.75) is 29.9 Å². The van der Waals surface area contributed by atoms with Gasteiger partial charge in [-0.05, 0) is 56.2 Å². The minimum Gasteiger partial charge on any atom is -0.326 e. The van der Waals surface area contributed by atoms with E-state index in [1.54, 1.807) is 18.2 Å². The zero-order valence-electron chi connectivity index (χ0n) is 14.1. The number of benzene rings is 2. The Kier molecular flexibility index (Phi) is 6.12. The van der Waals surface area contributed by atoms with Crippen LogP contribution in [0.2, 0.25) is 10.0 Å². The lowest BCUT2D eigenvalue weighted by Gasteiger charge is -2.14. The predicted molar refractivity (Wildman–Crippen MR) is 108 cm³/mol. The number of anilines is 2. The van der Waals surface area contributed by atoms with Gasteiger partial charge in [0, 0.05) is 21.5 Å². The maximum absolute atomic E-state index is 12.4. The van der Waals surface area contributed by atoms with Crippen LogP contribution >= 0.6 is 35.0 Å². The van der Waals surface area contributed by atoms with Crippen LogP contribution in [0, 0.1) is 5.92 Å². The van der Waals surface area contributed by atoms with Crippen molar-refractivity contribution in [1.82, 2.24) is 0 Å². The Morgan fingerprint density at radius 2 is 1.88 bits per heavy atom. The van der Waals surface area contributed by atoms with Crippen LogP contribution < -0.4 is 10.6 Å². The number of thioether (sulfide) groups is 1. The molecular formula is C19H18Cl2N2O2S. The predicted octanol–water partition coefficient (Wildman–Crippen LogP) is 5.46. The quantitative estimate of drug-likeness (QED) is 0.623. The van der Waals surface area contributed by atoms with Gasteiger partial charge in [-0.2, -0.15) is 0 Å². The summed E-state index contributed by atoms with van der Waals surface area (Å²) in [4.78, 5) is 25.2. The maximum Gasteiger partial charge on any atom is 0.237 e. The fourth-order valence-electron chi connectivity index (χ4n) is 2.32. The Morgan fingerprint density at radius 1 is 1.12 bits per heavy atom. The molecule has 0 aliphatic heterocycles. The molecule has 4 nitrogen and oxygen atoms in total. The molecule has 0 saturated heterocycles. The fraction of sp³-hybridized carbons (Fsp3) is 0.263. The van der Waals surface area contributed by atoms with Gasteiger partial charge in [-0.3, -0.25) is 9.59 Å². The van der Waals surface area contributed by atoms with E-state index in [2.05, 4.69) is 10.6 Å². The highest BCUT2D eigenvalue weighted by atomic mass is 35.5. The molecule has 7 heteroatoms. The van der Waals surface area contributed by atoms with Crippen LogP contribution in [-0.2, 0) is 9.59 Å². The molecule has 0 heterocycles. The maximum atomic E-state index is 12.4.